The molecule has 0 spiro atoms. The minimum atomic E-state index is -4.33. The Hall–Kier alpha value is -1.90. The lowest BCUT2D eigenvalue weighted by Gasteiger charge is -2.16. The van der Waals surface area contributed by atoms with Crippen LogP contribution < -0.4 is 5.32 Å². The number of hydrogen-bond donors (Lipinski definition) is 1. The molecule has 1 aromatic carbocycles. The van der Waals surface area contributed by atoms with E-state index in [2.05, 4.69) is 10.3 Å². The number of nitro groups is 1. The highest BCUT2D eigenvalue weighted by Crippen LogP contribution is 2.34. The first kappa shape index (κ1) is 15.5. The molecule has 0 aliphatic heterocycles. The van der Waals surface area contributed by atoms with Crippen LogP contribution in [0.4, 0.5) is 24.5 Å². The zero-order valence-corrected chi connectivity index (χ0v) is 12.0. The van der Waals surface area contributed by atoms with E-state index >= 15 is 0 Å². The first-order valence-corrected chi connectivity index (χ1v) is 6.86. The lowest BCUT2D eigenvalue weighted by Crippen LogP contribution is -2.24. The summed E-state index contributed by atoms with van der Waals surface area (Å²) in [6.45, 7) is 3.09. The lowest BCUT2D eigenvalue weighted by atomic mass is 10.2. The highest BCUT2D eigenvalue weighted by Gasteiger charge is 2.31. The number of aromatic nitrogens is 1. The second-order valence-corrected chi connectivity index (χ2v) is 5.93. The van der Waals surface area contributed by atoms with E-state index in [4.69, 9.17) is 0 Å². The average molecular weight is 319 g/mol. The molecule has 21 heavy (non-hydrogen) atoms. The Morgan fingerprint density at radius 3 is 2.71 bits per heavy atom. The molecule has 1 heterocycles. The number of benzene rings is 1. The van der Waals surface area contributed by atoms with Gasteiger partial charge in [0.1, 0.15) is 5.69 Å². The van der Waals surface area contributed by atoms with Gasteiger partial charge in [0.25, 0.3) is 5.69 Å². The van der Waals surface area contributed by atoms with Crippen LogP contribution in [0.1, 0.15) is 18.4 Å². The largest absolute Gasteiger partial charge is 0.391 e. The molecule has 0 aliphatic carbocycles. The first-order valence-electron chi connectivity index (χ1n) is 6.04. The van der Waals surface area contributed by atoms with E-state index in [1.165, 1.54) is 30.4 Å². The maximum absolute atomic E-state index is 12.3. The smallest absolute Gasteiger partial charge is 0.377 e. The number of halogens is 3. The van der Waals surface area contributed by atoms with Gasteiger partial charge in [-0.3, -0.25) is 10.1 Å². The summed E-state index contributed by atoms with van der Waals surface area (Å²) in [7, 11) is 0. The lowest BCUT2D eigenvalue weighted by molar-refractivity contribution is -0.383. The van der Waals surface area contributed by atoms with Crippen LogP contribution in [-0.4, -0.2) is 22.1 Å². The number of anilines is 1. The second kappa shape index (κ2) is 5.47. The molecule has 1 atom stereocenters. The third-order valence-corrected chi connectivity index (χ3v) is 3.68. The van der Waals surface area contributed by atoms with Crippen molar-refractivity contribution in [2.75, 3.05) is 5.32 Å². The third kappa shape index (κ3) is 3.81. The summed E-state index contributed by atoms with van der Waals surface area (Å²) in [4.78, 5) is 14.6. The number of thiazole rings is 1. The normalized spacial score (nSPS) is 13.4. The van der Waals surface area contributed by atoms with Gasteiger partial charge in [-0.1, -0.05) is 0 Å². The number of nitrogens with zero attached hydrogens (tertiary/aromatic N) is 2. The van der Waals surface area contributed by atoms with Gasteiger partial charge in [-0.05, 0) is 19.9 Å². The van der Waals surface area contributed by atoms with E-state index in [0.29, 0.717) is 10.2 Å². The van der Waals surface area contributed by atoms with Crippen LogP contribution in [0.15, 0.2) is 12.1 Å². The Kier molecular flexibility index (Phi) is 4.04. The van der Waals surface area contributed by atoms with E-state index in [-0.39, 0.29) is 11.4 Å². The molecule has 1 N–H and O–H groups in total. The zero-order chi connectivity index (χ0) is 15.8. The van der Waals surface area contributed by atoms with E-state index in [9.17, 15) is 23.3 Å². The van der Waals surface area contributed by atoms with Crippen molar-refractivity contribution < 1.29 is 18.1 Å². The predicted molar refractivity (Wildman–Crippen MR) is 74.8 cm³/mol. The van der Waals surface area contributed by atoms with Gasteiger partial charge in [0.15, 0.2) is 0 Å². The molecule has 9 heteroatoms. The molecule has 0 amide bonds. The number of fused-ring (bicyclic) bond motifs is 1. The summed E-state index contributed by atoms with van der Waals surface area (Å²) in [5, 5.41) is 14.4. The highest BCUT2D eigenvalue weighted by molar-refractivity contribution is 7.18. The average Bonchev–Trinajstić information content (AvgIpc) is 2.64. The number of aryl methyl sites for hydroxylation is 1. The van der Waals surface area contributed by atoms with E-state index in [1.807, 2.05) is 0 Å². The van der Waals surface area contributed by atoms with Crippen LogP contribution in [0, 0.1) is 17.0 Å². The van der Waals surface area contributed by atoms with Crippen LogP contribution in [0.25, 0.3) is 10.2 Å². The topological polar surface area (TPSA) is 68.1 Å². The Labute approximate surface area is 121 Å². The monoisotopic (exact) mass is 319 g/mol. The number of alkyl halides is 3. The molecule has 0 bridgehead atoms. The van der Waals surface area contributed by atoms with Gasteiger partial charge in [-0.2, -0.15) is 13.2 Å². The van der Waals surface area contributed by atoms with Crippen molar-refractivity contribution in [2.24, 2.45) is 0 Å². The van der Waals surface area contributed by atoms with Gasteiger partial charge < -0.3 is 5.32 Å². The van der Waals surface area contributed by atoms with Crippen LogP contribution >= 0.6 is 11.3 Å². The molecule has 2 aromatic rings. The van der Waals surface area contributed by atoms with E-state index in [0.717, 1.165) is 5.01 Å². The summed E-state index contributed by atoms with van der Waals surface area (Å²) in [5.74, 6) is 0. The van der Waals surface area contributed by atoms with Crippen molar-refractivity contribution in [1.29, 1.82) is 0 Å². The fraction of sp³-hybridized carbons (Fsp3) is 0.417. The minimum Gasteiger partial charge on any atom is -0.377 e. The Bertz CT molecular complexity index is 684. The van der Waals surface area contributed by atoms with E-state index < -0.39 is 23.6 Å². The molecule has 114 valence electrons. The summed E-state index contributed by atoms with van der Waals surface area (Å²) in [6, 6.07) is 1.79. The number of nitro benzene ring substituents is 1. The number of nitrogens with one attached hydrogen (secondary N) is 1. The fourth-order valence-electron chi connectivity index (χ4n) is 2.01. The zero-order valence-electron chi connectivity index (χ0n) is 11.2. The van der Waals surface area contributed by atoms with E-state index in [1.54, 1.807) is 6.92 Å². The summed E-state index contributed by atoms with van der Waals surface area (Å²) in [6.07, 6.45) is -5.40. The second-order valence-electron chi connectivity index (χ2n) is 4.69. The minimum absolute atomic E-state index is 0.0505. The van der Waals surface area contributed by atoms with Gasteiger partial charge in [0, 0.05) is 12.1 Å². The molecule has 0 saturated carbocycles. The van der Waals surface area contributed by atoms with Crippen molar-refractivity contribution in [2.45, 2.75) is 32.5 Å². The summed E-state index contributed by atoms with van der Waals surface area (Å²) < 4.78 is 37.7. The molecule has 1 unspecified atom stereocenters. The van der Waals surface area contributed by atoms with Gasteiger partial charge in [0.05, 0.1) is 26.6 Å². The molecule has 0 fully saturated rings. The van der Waals surface area contributed by atoms with Crippen molar-refractivity contribution in [3.8, 4) is 0 Å². The van der Waals surface area contributed by atoms with Crippen LogP contribution in [0.3, 0.4) is 0 Å². The summed E-state index contributed by atoms with van der Waals surface area (Å²) >= 11 is 1.30. The Morgan fingerprint density at radius 1 is 1.48 bits per heavy atom. The number of rotatable bonds is 4. The van der Waals surface area contributed by atoms with Crippen LogP contribution in [0.2, 0.25) is 0 Å². The molecule has 2 rings (SSSR count). The SMILES string of the molecule is Cc1nc2cc(NC(C)CC(F)(F)F)c([N+](=O)[O-])cc2s1. The summed E-state index contributed by atoms with van der Waals surface area (Å²) in [5.41, 5.74) is 0.333. The Balaban J connectivity index is 2.36. The standard InChI is InChI=1S/C12H12F3N3O2S/c1-6(5-12(13,14)15)16-8-3-9-11(21-7(2)17-9)4-10(8)18(19)20/h3-4,6,16H,5H2,1-2H3. The van der Waals surface area contributed by atoms with Crippen molar-refractivity contribution in [3.63, 3.8) is 0 Å². The molecular weight excluding hydrogens is 307 g/mol. The van der Waals surface area contributed by atoms with Gasteiger partial charge >= 0.3 is 6.18 Å². The maximum Gasteiger partial charge on any atom is 0.391 e. The highest BCUT2D eigenvalue weighted by atomic mass is 32.1. The molecule has 0 radical (unpaired) electrons. The van der Waals surface area contributed by atoms with Crippen LogP contribution in [0.5, 0.6) is 0 Å². The van der Waals surface area contributed by atoms with Crippen LogP contribution in [-0.2, 0) is 0 Å². The van der Waals surface area contributed by atoms with Gasteiger partial charge in [0.2, 0.25) is 0 Å². The molecule has 0 saturated heterocycles. The maximum atomic E-state index is 12.3. The molecule has 1 aromatic heterocycles. The first-order chi connectivity index (χ1) is 9.65. The molecule has 0 aliphatic rings. The van der Waals surface area contributed by atoms with Crippen molar-refractivity contribution >= 4 is 32.9 Å². The van der Waals surface area contributed by atoms with Crippen molar-refractivity contribution in [1.82, 2.24) is 4.98 Å². The van der Waals surface area contributed by atoms with Gasteiger partial charge in [-0.15, -0.1) is 11.3 Å². The quantitative estimate of drug-likeness (QED) is 0.675. The molecular formula is C12H12F3N3O2S. The van der Waals surface area contributed by atoms with Crippen molar-refractivity contribution in [3.05, 3.63) is 27.3 Å². The van der Waals surface area contributed by atoms with Gasteiger partial charge in [-0.25, -0.2) is 4.98 Å². The third-order valence-electron chi connectivity index (χ3n) is 2.75. The molecule has 5 nitrogen and oxygen atoms in total. The number of hydrogen-bond acceptors (Lipinski definition) is 5. The predicted octanol–water partition coefficient (Wildman–Crippen LogP) is 4.27. The fourth-order valence-corrected chi connectivity index (χ4v) is 2.85. The Morgan fingerprint density at radius 2 is 2.14 bits per heavy atom.